The Balaban J connectivity index is 3.65. The van der Waals surface area contributed by atoms with Crippen LogP contribution in [0.2, 0.25) is 0 Å². The Bertz CT molecular complexity index is 784. The van der Waals surface area contributed by atoms with E-state index >= 15 is 0 Å². The van der Waals surface area contributed by atoms with Crippen molar-refractivity contribution in [2.75, 3.05) is 6.61 Å². The van der Waals surface area contributed by atoms with Crippen LogP contribution in [0.15, 0.2) is 24.3 Å². The van der Waals surface area contributed by atoms with Crippen molar-refractivity contribution in [3.8, 4) is 0 Å². The molecule has 3 unspecified atom stereocenters. The molecule has 0 fully saturated rings. The fourth-order valence-electron chi connectivity index (χ4n) is 7.32. The highest BCUT2D eigenvalue weighted by atomic mass is 16.3. The molecular weight excluding hydrogens is 655 g/mol. The first-order valence-corrected chi connectivity index (χ1v) is 23.7. The van der Waals surface area contributed by atoms with Crippen LogP contribution in [-0.2, 0) is 4.79 Å². The molecule has 0 saturated carbocycles. The summed E-state index contributed by atoms with van der Waals surface area (Å²) in [5.74, 6) is -0.510. The van der Waals surface area contributed by atoms with E-state index in [0.29, 0.717) is 6.42 Å². The molecule has 3 atom stereocenters. The first kappa shape index (κ1) is 51.8. The van der Waals surface area contributed by atoms with E-state index in [1.54, 1.807) is 6.08 Å². The molecule has 5 nitrogen and oxygen atoms in total. The van der Waals surface area contributed by atoms with Crippen LogP contribution in [0, 0.1) is 0 Å². The molecule has 0 rings (SSSR count). The van der Waals surface area contributed by atoms with Gasteiger partial charge in [0.25, 0.3) is 0 Å². The number of hydrogen-bond donors (Lipinski definition) is 4. The van der Waals surface area contributed by atoms with Crippen molar-refractivity contribution in [2.45, 2.75) is 270 Å². The van der Waals surface area contributed by atoms with Crippen LogP contribution in [0.25, 0.3) is 0 Å². The highest BCUT2D eigenvalue weighted by Crippen LogP contribution is 2.16. The highest BCUT2D eigenvalue weighted by Gasteiger charge is 2.22. The van der Waals surface area contributed by atoms with E-state index < -0.39 is 24.2 Å². The Morgan fingerprint density at radius 3 is 1.15 bits per heavy atom. The predicted molar refractivity (Wildman–Crippen MR) is 231 cm³/mol. The van der Waals surface area contributed by atoms with Crippen molar-refractivity contribution >= 4 is 5.91 Å². The van der Waals surface area contributed by atoms with Gasteiger partial charge < -0.3 is 20.6 Å². The average Bonchev–Trinajstić information content (AvgIpc) is 3.16. The molecule has 0 radical (unpaired) electrons. The molecule has 0 aromatic rings. The first-order valence-electron chi connectivity index (χ1n) is 23.7. The standard InChI is InChI=1S/C48H93NO4/c1-3-5-7-9-11-13-15-17-19-20-21-22-23-24-25-26-27-29-30-32-34-36-38-40-42-46(51)45(44-50)49-48(53)47(52)43-41-39-37-35-33-31-28-18-16-14-12-10-8-6-4-2/h32,34,40,42,45-47,50-52H,3-31,33,35-39,41,43-44H2,1-2H3,(H,49,53)/b34-32+,42-40+. The van der Waals surface area contributed by atoms with E-state index in [-0.39, 0.29) is 6.61 Å². The van der Waals surface area contributed by atoms with Crippen LogP contribution < -0.4 is 5.32 Å². The smallest absolute Gasteiger partial charge is 0.249 e. The lowest BCUT2D eigenvalue weighted by Crippen LogP contribution is -2.48. The quantitative estimate of drug-likeness (QED) is 0.0369. The minimum Gasteiger partial charge on any atom is -0.394 e. The Labute approximate surface area is 331 Å². The molecule has 0 bridgehead atoms. The van der Waals surface area contributed by atoms with Crippen LogP contribution >= 0.6 is 0 Å². The summed E-state index contributed by atoms with van der Waals surface area (Å²) in [5, 5.41) is 33.2. The molecule has 0 aliphatic heterocycles. The molecule has 53 heavy (non-hydrogen) atoms. The van der Waals surface area contributed by atoms with E-state index in [9.17, 15) is 20.1 Å². The third-order valence-corrected chi connectivity index (χ3v) is 11.0. The Morgan fingerprint density at radius 1 is 0.453 bits per heavy atom. The van der Waals surface area contributed by atoms with Crippen molar-refractivity contribution in [3.63, 3.8) is 0 Å². The van der Waals surface area contributed by atoms with Crippen LogP contribution in [0.1, 0.15) is 251 Å². The summed E-state index contributed by atoms with van der Waals surface area (Å²) in [6.45, 7) is 4.19. The van der Waals surface area contributed by atoms with Gasteiger partial charge in [-0.05, 0) is 32.1 Å². The van der Waals surface area contributed by atoms with Gasteiger partial charge in [-0.25, -0.2) is 0 Å². The Morgan fingerprint density at radius 2 is 0.774 bits per heavy atom. The van der Waals surface area contributed by atoms with Gasteiger partial charge in [0, 0.05) is 0 Å². The number of nitrogens with one attached hydrogen (secondary N) is 1. The van der Waals surface area contributed by atoms with E-state index in [1.165, 1.54) is 193 Å². The van der Waals surface area contributed by atoms with Gasteiger partial charge in [-0.1, -0.05) is 244 Å². The zero-order chi connectivity index (χ0) is 38.7. The average molecular weight is 748 g/mol. The summed E-state index contributed by atoms with van der Waals surface area (Å²) >= 11 is 0. The summed E-state index contributed by atoms with van der Waals surface area (Å²) < 4.78 is 0. The third-order valence-electron chi connectivity index (χ3n) is 11.0. The third kappa shape index (κ3) is 38.9. The molecule has 0 aromatic heterocycles. The van der Waals surface area contributed by atoms with Crippen LogP contribution in [0.4, 0.5) is 0 Å². The molecule has 0 aromatic carbocycles. The van der Waals surface area contributed by atoms with Gasteiger partial charge in [-0.2, -0.15) is 0 Å². The van der Waals surface area contributed by atoms with Gasteiger partial charge >= 0.3 is 0 Å². The number of hydrogen-bond acceptors (Lipinski definition) is 4. The molecule has 5 heteroatoms. The fraction of sp³-hybridized carbons (Fsp3) is 0.896. The summed E-state index contributed by atoms with van der Waals surface area (Å²) in [5.41, 5.74) is 0. The predicted octanol–water partition coefficient (Wildman–Crippen LogP) is 13.8. The summed E-state index contributed by atoms with van der Waals surface area (Å²) in [6.07, 6.45) is 53.7. The van der Waals surface area contributed by atoms with E-state index in [4.69, 9.17) is 0 Å². The monoisotopic (exact) mass is 748 g/mol. The van der Waals surface area contributed by atoms with Crippen LogP contribution in [-0.4, -0.2) is 46.1 Å². The van der Waals surface area contributed by atoms with Gasteiger partial charge in [0.05, 0.1) is 18.8 Å². The molecule has 0 spiro atoms. The molecule has 0 aliphatic rings. The van der Waals surface area contributed by atoms with E-state index in [2.05, 4.69) is 31.3 Å². The molecule has 0 heterocycles. The Hall–Kier alpha value is -1.17. The minimum atomic E-state index is -1.10. The molecule has 0 saturated heterocycles. The number of amides is 1. The first-order chi connectivity index (χ1) is 26.1. The zero-order valence-corrected chi connectivity index (χ0v) is 35.7. The number of aliphatic hydroxyl groups excluding tert-OH is 3. The topological polar surface area (TPSA) is 89.8 Å². The van der Waals surface area contributed by atoms with E-state index in [1.807, 2.05) is 6.08 Å². The number of allylic oxidation sites excluding steroid dienone is 3. The van der Waals surface area contributed by atoms with Crippen LogP contribution in [0.3, 0.4) is 0 Å². The number of rotatable bonds is 43. The maximum Gasteiger partial charge on any atom is 0.249 e. The van der Waals surface area contributed by atoms with Gasteiger partial charge in [-0.3, -0.25) is 4.79 Å². The molecule has 1 amide bonds. The normalized spacial score (nSPS) is 13.7. The fourth-order valence-corrected chi connectivity index (χ4v) is 7.32. The van der Waals surface area contributed by atoms with Crippen molar-refractivity contribution in [1.29, 1.82) is 0 Å². The second kappa shape index (κ2) is 43.6. The largest absolute Gasteiger partial charge is 0.394 e. The summed E-state index contributed by atoms with van der Waals surface area (Å²) in [6, 6.07) is -0.811. The van der Waals surface area contributed by atoms with Crippen LogP contribution in [0.5, 0.6) is 0 Å². The van der Waals surface area contributed by atoms with Crippen molar-refractivity contribution in [3.05, 3.63) is 24.3 Å². The maximum absolute atomic E-state index is 12.5. The van der Waals surface area contributed by atoms with Crippen molar-refractivity contribution < 1.29 is 20.1 Å². The molecular formula is C48H93NO4. The molecule has 314 valence electrons. The number of unbranched alkanes of at least 4 members (excludes halogenated alkanes) is 33. The number of carbonyl (C=O) groups excluding carboxylic acids is 1. The van der Waals surface area contributed by atoms with Gasteiger partial charge in [-0.15, -0.1) is 0 Å². The van der Waals surface area contributed by atoms with Crippen molar-refractivity contribution in [2.24, 2.45) is 0 Å². The minimum absolute atomic E-state index is 0.373. The highest BCUT2D eigenvalue weighted by molar-refractivity contribution is 5.80. The lowest BCUT2D eigenvalue weighted by molar-refractivity contribution is -0.131. The molecule has 4 N–H and O–H groups in total. The maximum atomic E-state index is 12.5. The lowest BCUT2D eigenvalue weighted by atomic mass is 10.0. The van der Waals surface area contributed by atoms with Crippen molar-refractivity contribution in [1.82, 2.24) is 5.32 Å². The number of aliphatic hydroxyl groups is 3. The summed E-state index contributed by atoms with van der Waals surface area (Å²) in [7, 11) is 0. The van der Waals surface area contributed by atoms with E-state index in [0.717, 1.165) is 38.5 Å². The van der Waals surface area contributed by atoms with Gasteiger partial charge in [0.1, 0.15) is 6.10 Å². The lowest BCUT2D eigenvalue weighted by Gasteiger charge is -2.21. The molecule has 0 aliphatic carbocycles. The SMILES string of the molecule is CCCCCCCCCCCCCCCCCCCC/C=C/CC/C=C/C(O)C(CO)NC(=O)C(O)CCCCCCCCCCCCCCCCC. The van der Waals surface area contributed by atoms with Gasteiger partial charge in [0.15, 0.2) is 0 Å². The summed E-state index contributed by atoms with van der Waals surface area (Å²) in [4.78, 5) is 12.5. The second-order valence-electron chi connectivity index (χ2n) is 16.3. The van der Waals surface area contributed by atoms with Gasteiger partial charge in [0.2, 0.25) is 5.91 Å². The zero-order valence-electron chi connectivity index (χ0n) is 35.7. The Kier molecular flexibility index (Phi) is 42.6. The number of carbonyl (C=O) groups is 1. The second-order valence-corrected chi connectivity index (χ2v) is 16.3.